The topological polar surface area (TPSA) is 0 Å². The van der Waals surface area contributed by atoms with E-state index in [4.69, 9.17) is 0 Å². The molecule has 7 heavy (non-hydrogen) atoms. The van der Waals surface area contributed by atoms with Crippen LogP contribution in [0.1, 0.15) is 35.0 Å². The smallest absolute Gasteiger partial charge is 1.00 e. The van der Waals surface area contributed by atoms with Crippen molar-refractivity contribution in [3.8, 4) is 0 Å². The Morgan fingerprint density at radius 1 is 1.14 bits per heavy atom. The molecule has 1 aliphatic rings. The molecule has 0 nitrogen and oxygen atoms in total. The van der Waals surface area contributed by atoms with Gasteiger partial charge in [-0.15, -0.1) is 0 Å². The largest absolute Gasteiger partial charge is 1.00 e. The van der Waals surface area contributed by atoms with Crippen LogP contribution in [0, 0.1) is 0 Å². The third-order valence-electron chi connectivity index (χ3n) is 1.65. The monoisotopic (exact) mass is 112 g/mol. The van der Waals surface area contributed by atoms with Gasteiger partial charge in [-0.1, -0.05) is 0 Å². The van der Waals surface area contributed by atoms with Gasteiger partial charge in [0.05, 0.1) is 0 Å². The molecule has 1 aliphatic carbocycles. The summed E-state index contributed by atoms with van der Waals surface area (Å²) in [4.78, 5) is 0. The van der Waals surface area contributed by atoms with Crippen LogP contribution in [-0.2, 0) is 0 Å². The van der Waals surface area contributed by atoms with Crippen LogP contribution in [0.25, 0.3) is 0 Å². The second kappa shape index (κ2) is 2.75. The SMILES string of the molecule is [Al+2][CH]1CCCCC1.[H-].[H-]. The van der Waals surface area contributed by atoms with Crippen LogP contribution >= 0.6 is 0 Å². The first-order chi connectivity index (χ1) is 3.39. The first-order valence-electron chi connectivity index (χ1n) is 3.15. The predicted molar refractivity (Wildman–Crippen MR) is 34.8 cm³/mol. The molecule has 0 amide bonds. The molecule has 0 aliphatic heterocycles. The maximum absolute atomic E-state index is 2.91. The van der Waals surface area contributed by atoms with Crippen LogP contribution in [0.15, 0.2) is 0 Å². The van der Waals surface area contributed by atoms with Crippen molar-refractivity contribution in [2.75, 3.05) is 0 Å². The zero-order chi connectivity index (χ0) is 5.11. The van der Waals surface area contributed by atoms with Crippen LogP contribution in [0.5, 0.6) is 0 Å². The maximum Gasteiger partial charge on any atom is -1.00 e. The van der Waals surface area contributed by atoms with Crippen molar-refractivity contribution in [3.63, 3.8) is 0 Å². The Kier molecular flexibility index (Phi) is 2.22. The van der Waals surface area contributed by atoms with E-state index in [9.17, 15) is 0 Å². The van der Waals surface area contributed by atoms with Crippen molar-refractivity contribution in [1.82, 2.24) is 0 Å². The van der Waals surface area contributed by atoms with Crippen molar-refractivity contribution >= 4 is 16.3 Å². The summed E-state index contributed by atoms with van der Waals surface area (Å²) in [5, 5.41) is 0. The molecule has 0 bridgehead atoms. The van der Waals surface area contributed by atoms with E-state index in [0.717, 1.165) is 4.78 Å². The molecule has 0 aromatic carbocycles. The summed E-state index contributed by atoms with van der Waals surface area (Å²) in [5.74, 6) is 0. The van der Waals surface area contributed by atoms with Gasteiger partial charge in [0.25, 0.3) is 0 Å². The summed E-state index contributed by atoms with van der Waals surface area (Å²) < 4.78 is 0.953. The van der Waals surface area contributed by atoms with E-state index in [-0.39, 0.29) is 2.85 Å². The normalized spacial score (nSPS) is 25.4. The zero-order valence-electron chi connectivity index (χ0n) is 6.69. The quantitative estimate of drug-likeness (QED) is 0.421. The Bertz CT molecular complexity index is 53.0. The van der Waals surface area contributed by atoms with Gasteiger partial charge in [-0.2, -0.15) is 0 Å². The third-order valence-corrected chi connectivity index (χ3v) is 2.32. The molecule has 0 atom stereocenters. The van der Waals surface area contributed by atoms with Gasteiger partial charge in [0.15, 0.2) is 0 Å². The average molecular weight is 112 g/mol. The third kappa shape index (κ3) is 1.84. The first kappa shape index (κ1) is 5.67. The summed E-state index contributed by atoms with van der Waals surface area (Å²) >= 11 is 2.91. The fourth-order valence-corrected chi connectivity index (χ4v) is 1.61. The van der Waals surface area contributed by atoms with E-state index in [1.54, 1.807) is 0 Å². The van der Waals surface area contributed by atoms with Crippen molar-refractivity contribution in [1.29, 1.82) is 0 Å². The standard InChI is InChI=1S/C6H11.Al.2H/c1-2-4-6-5-3-1;;;/h1H,2-6H2;;;/q;+2;2*-1. The van der Waals surface area contributed by atoms with Gasteiger partial charge in [0, 0.05) is 0 Å². The van der Waals surface area contributed by atoms with E-state index >= 15 is 0 Å². The van der Waals surface area contributed by atoms with Crippen molar-refractivity contribution in [3.05, 3.63) is 0 Å². The number of hydrogen-bond donors (Lipinski definition) is 0. The Morgan fingerprint density at radius 2 is 1.71 bits per heavy atom. The fraction of sp³-hybridized carbons (Fsp3) is 1.00. The van der Waals surface area contributed by atoms with Gasteiger partial charge in [-0.3, -0.25) is 0 Å². The predicted octanol–water partition coefficient (Wildman–Crippen LogP) is 2.13. The molecule has 0 aromatic heterocycles. The van der Waals surface area contributed by atoms with Crippen LogP contribution in [0.2, 0.25) is 4.78 Å². The van der Waals surface area contributed by atoms with Crippen molar-refractivity contribution < 1.29 is 2.85 Å². The zero-order valence-corrected chi connectivity index (χ0v) is 5.84. The van der Waals surface area contributed by atoms with Gasteiger partial charge in [-0.05, 0) is 0 Å². The van der Waals surface area contributed by atoms with Gasteiger partial charge in [0.1, 0.15) is 0 Å². The molecule has 0 heterocycles. The number of hydrogen-bond acceptors (Lipinski definition) is 0. The summed E-state index contributed by atoms with van der Waals surface area (Å²) in [6.07, 6.45) is 7.31. The van der Waals surface area contributed by atoms with Crippen molar-refractivity contribution in [2.45, 2.75) is 36.9 Å². The van der Waals surface area contributed by atoms with Crippen LogP contribution in [0.4, 0.5) is 0 Å². The molecular formula is C6H13Al. The van der Waals surface area contributed by atoms with Gasteiger partial charge in [-0.25, -0.2) is 0 Å². The first-order valence-corrected chi connectivity index (χ1v) is 3.82. The molecule has 40 valence electrons. The van der Waals surface area contributed by atoms with E-state index in [1.807, 2.05) is 0 Å². The summed E-state index contributed by atoms with van der Waals surface area (Å²) in [7, 11) is 0. The molecule has 0 saturated heterocycles. The molecule has 1 fully saturated rings. The molecule has 0 unspecified atom stereocenters. The fourth-order valence-electron chi connectivity index (χ4n) is 1.13. The van der Waals surface area contributed by atoms with E-state index in [2.05, 4.69) is 16.3 Å². The summed E-state index contributed by atoms with van der Waals surface area (Å²) in [5.41, 5.74) is 0. The summed E-state index contributed by atoms with van der Waals surface area (Å²) in [6.45, 7) is 0. The van der Waals surface area contributed by atoms with Gasteiger partial charge < -0.3 is 2.85 Å². The Hall–Kier alpha value is 0.532. The second-order valence-corrected chi connectivity index (χ2v) is 3.34. The average Bonchev–Trinajstić information content (AvgIpc) is 1.69. The van der Waals surface area contributed by atoms with Crippen LogP contribution in [-0.4, -0.2) is 16.3 Å². The molecule has 1 saturated carbocycles. The molecule has 0 radical (unpaired) electrons. The molecular weight excluding hydrogens is 99.0 g/mol. The minimum Gasteiger partial charge on any atom is -1.00 e. The molecule has 1 heteroatoms. The molecule has 1 rings (SSSR count). The minimum atomic E-state index is 0. The van der Waals surface area contributed by atoms with E-state index in [1.165, 1.54) is 32.1 Å². The number of rotatable bonds is 0. The molecule has 0 N–H and O–H groups in total. The van der Waals surface area contributed by atoms with E-state index in [0.29, 0.717) is 0 Å². The summed E-state index contributed by atoms with van der Waals surface area (Å²) in [6, 6.07) is 0. The van der Waals surface area contributed by atoms with Crippen molar-refractivity contribution in [2.24, 2.45) is 0 Å². The van der Waals surface area contributed by atoms with Crippen LogP contribution < -0.4 is 0 Å². The van der Waals surface area contributed by atoms with Crippen LogP contribution in [0.3, 0.4) is 0 Å². The Balaban J connectivity index is 0. The maximum atomic E-state index is 2.91. The van der Waals surface area contributed by atoms with Gasteiger partial charge >= 0.3 is 53.2 Å². The Morgan fingerprint density at radius 3 is 2.00 bits per heavy atom. The van der Waals surface area contributed by atoms with Gasteiger partial charge in [0.2, 0.25) is 0 Å². The molecule has 0 aromatic rings. The van der Waals surface area contributed by atoms with E-state index < -0.39 is 0 Å². The molecule has 0 spiro atoms. The second-order valence-electron chi connectivity index (χ2n) is 2.40. The Labute approximate surface area is 56.7 Å². The minimum absolute atomic E-state index is 0.